The predicted octanol–water partition coefficient (Wildman–Crippen LogP) is 5.11. The second-order valence-corrected chi connectivity index (χ2v) is 6.01. The highest BCUT2D eigenvalue weighted by Gasteiger charge is 2.03. The molecule has 18 heavy (non-hydrogen) atoms. The van der Waals surface area contributed by atoms with Crippen LogP contribution in [0.3, 0.4) is 0 Å². The van der Waals surface area contributed by atoms with Crippen LogP contribution in [0.4, 0.5) is 0 Å². The highest BCUT2D eigenvalue weighted by molar-refractivity contribution is 7.19. The Labute approximate surface area is 112 Å². The zero-order valence-corrected chi connectivity index (χ0v) is 11.6. The van der Waals surface area contributed by atoms with Gasteiger partial charge in [0.25, 0.3) is 0 Å². The lowest BCUT2D eigenvalue weighted by Gasteiger charge is -2.03. The molecule has 0 aliphatic carbocycles. The molecule has 0 amide bonds. The molecule has 0 saturated heterocycles. The van der Waals surface area contributed by atoms with Crippen LogP contribution in [0, 0.1) is 13.8 Å². The van der Waals surface area contributed by atoms with Gasteiger partial charge in [0, 0.05) is 16.0 Å². The van der Waals surface area contributed by atoms with Gasteiger partial charge in [0.2, 0.25) is 0 Å². The summed E-state index contributed by atoms with van der Waals surface area (Å²) >= 11 is 1.90. The van der Waals surface area contributed by atoms with Crippen molar-refractivity contribution in [3.05, 3.63) is 70.1 Å². The van der Waals surface area contributed by atoms with E-state index in [4.69, 9.17) is 0 Å². The third kappa shape index (κ3) is 2.19. The van der Waals surface area contributed by atoms with Crippen molar-refractivity contribution in [2.75, 3.05) is 0 Å². The number of thiophene rings is 1. The first-order valence-corrected chi connectivity index (χ1v) is 7.07. The van der Waals surface area contributed by atoms with E-state index in [0.717, 1.165) is 6.42 Å². The van der Waals surface area contributed by atoms with Gasteiger partial charge in [-0.1, -0.05) is 36.4 Å². The maximum atomic E-state index is 2.31. The van der Waals surface area contributed by atoms with Gasteiger partial charge in [-0.15, -0.1) is 11.3 Å². The Morgan fingerprint density at radius 1 is 0.889 bits per heavy atom. The first-order chi connectivity index (χ1) is 8.72. The van der Waals surface area contributed by atoms with E-state index in [9.17, 15) is 0 Å². The zero-order chi connectivity index (χ0) is 12.5. The minimum Gasteiger partial charge on any atom is -0.140 e. The number of hydrogen-bond donors (Lipinski definition) is 0. The van der Waals surface area contributed by atoms with Crippen LogP contribution < -0.4 is 0 Å². The fourth-order valence-electron chi connectivity index (χ4n) is 2.24. The number of fused-ring (bicyclic) bond motifs is 1. The van der Waals surface area contributed by atoms with E-state index in [2.05, 4.69) is 62.4 Å². The molecule has 0 spiro atoms. The molecule has 0 fully saturated rings. The van der Waals surface area contributed by atoms with Gasteiger partial charge in [-0.05, 0) is 48.1 Å². The second-order valence-electron chi connectivity index (χ2n) is 4.85. The van der Waals surface area contributed by atoms with Gasteiger partial charge >= 0.3 is 0 Å². The molecule has 1 heterocycles. The molecule has 0 bridgehead atoms. The molecule has 0 nitrogen and oxygen atoms in total. The van der Waals surface area contributed by atoms with E-state index in [1.165, 1.54) is 31.7 Å². The maximum absolute atomic E-state index is 2.31. The Bertz CT molecular complexity index is 659. The molecule has 0 N–H and O–H groups in total. The van der Waals surface area contributed by atoms with E-state index in [0.29, 0.717) is 0 Å². The highest BCUT2D eigenvalue weighted by atomic mass is 32.1. The first-order valence-electron chi connectivity index (χ1n) is 6.26. The Hall–Kier alpha value is -1.60. The largest absolute Gasteiger partial charge is 0.140 e. The monoisotopic (exact) mass is 252 g/mol. The van der Waals surface area contributed by atoms with Crippen molar-refractivity contribution in [2.24, 2.45) is 0 Å². The average molecular weight is 252 g/mol. The van der Waals surface area contributed by atoms with Crippen LogP contribution in [0.1, 0.15) is 21.6 Å². The van der Waals surface area contributed by atoms with Gasteiger partial charge in [0.1, 0.15) is 0 Å². The second kappa shape index (κ2) is 4.58. The minimum absolute atomic E-state index is 1.04. The van der Waals surface area contributed by atoms with Gasteiger partial charge < -0.3 is 0 Å². The van der Waals surface area contributed by atoms with Crippen LogP contribution in [0.2, 0.25) is 0 Å². The smallest absolute Gasteiger partial charge is 0.0345 e. The molecule has 3 aromatic rings. The van der Waals surface area contributed by atoms with Gasteiger partial charge in [-0.2, -0.15) is 0 Å². The van der Waals surface area contributed by atoms with Gasteiger partial charge in [-0.25, -0.2) is 0 Å². The highest BCUT2D eigenvalue weighted by Crippen LogP contribution is 2.27. The summed E-state index contributed by atoms with van der Waals surface area (Å²) in [6, 6.07) is 17.7. The van der Waals surface area contributed by atoms with Crippen molar-refractivity contribution in [3.8, 4) is 0 Å². The lowest BCUT2D eigenvalue weighted by atomic mass is 10.0. The molecule has 0 radical (unpaired) electrons. The number of benzene rings is 2. The SMILES string of the molecule is Cc1ccc(Cc2cc3ccccc3s2)cc1C. The summed E-state index contributed by atoms with van der Waals surface area (Å²) in [5.74, 6) is 0. The fraction of sp³-hybridized carbons (Fsp3) is 0.176. The lowest BCUT2D eigenvalue weighted by Crippen LogP contribution is -1.87. The van der Waals surface area contributed by atoms with Crippen LogP contribution in [0.25, 0.3) is 10.1 Å². The van der Waals surface area contributed by atoms with Gasteiger partial charge in [0.05, 0.1) is 0 Å². The average Bonchev–Trinajstić information content (AvgIpc) is 2.76. The summed E-state index contributed by atoms with van der Waals surface area (Å²) < 4.78 is 1.39. The van der Waals surface area contributed by atoms with Crippen molar-refractivity contribution in [2.45, 2.75) is 20.3 Å². The summed E-state index contributed by atoms with van der Waals surface area (Å²) in [5, 5.41) is 1.36. The maximum Gasteiger partial charge on any atom is 0.0345 e. The van der Waals surface area contributed by atoms with E-state index < -0.39 is 0 Å². The van der Waals surface area contributed by atoms with Crippen molar-refractivity contribution < 1.29 is 0 Å². The summed E-state index contributed by atoms with van der Waals surface area (Å²) in [6.07, 6.45) is 1.04. The minimum atomic E-state index is 1.04. The van der Waals surface area contributed by atoms with Crippen molar-refractivity contribution in [3.63, 3.8) is 0 Å². The van der Waals surface area contributed by atoms with E-state index in [1.807, 2.05) is 11.3 Å². The first kappa shape index (κ1) is 11.5. The summed E-state index contributed by atoms with van der Waals surface area (Å²) in [5.41, 5.74) is 4.16. The van der Waals surface area contributed by atoms with Crippen LogP contribution in [-0.4, -0.2) is 0 Å². The van der Waals surface area contributed by atoms with E-state index >= 15 is 0 Å². The Kier molecular flexibility index (Phi) is 2.92. The molecule has 2 aromatic carbocycles. The molecule has 0 atom stereocenters. The molecule has 0 aliphatic heterocycles. The predicted molar refractivity (Wildman–Crippen MR) is 80.5 cm³/mol. The van der Waals surface area contributed by atoms with E-state index in [-0.39, 0.29) is 0 Å². The molecule has 0 aliphatic rings. The van der Waals surface area contributed by atoms with Crippen LogP contribution >= 0.6 is 11.3 Å². The van der Waals surface area contributed by atoms with Crippen LogP contribution in [0.5, 0.6) is 0 Å². The zero-order valence-electron chi connectivity index (χ0n) is 10.7. The Morgan fingerprint density at radius 3 is 2.50 bits per heavy atom. The van der Waals surface area contributed by atoms with Crippen molar-refractivity contribution in [1.82, 2.24) is 0 Å². The molecular formula is C17H16S. The molecule has 1 heteroatoms. The molecule has 90 valence electrons. The molecular weight excluding hydrogens is 236 g/mol. The number of rotatable bonds is 2. The van der Waals surface area contributed by atoms with Crippen LogP contribution in [-0.2, 0) is 6.42 Å². The topological polar surface area (TPSA) is 0 Å². The summed E-state index contributed by atoms with van der Waals surface area (Å²) in [4.78, 5) is 1.44. The van der Waals surface area contributed by atoms with E-state index in [1.54, 1.807) is 0 Å². The number of hydrogen-bond acceptors (Lipinski definition) is 1. The standard InChI is InChI=1S/C17H16S/c1-12-7-8-14(9-13(12)2)10-16-11-15-5-3-4-6-17(15)18-16/h3-9,11H,10H2,1-2H3. The normalized spacial score (nSPS) is 11.0. The Morgan fingerprint density at radius 2 is 1.72 bits per heavy atom. The third-order valence-electron chi connectivity index (χ3n) is 3.43. The van der Waals surface area contributed by atoms with Crippen molar-refractivity contribution >= 4 is 21.4 Å². The Balaban J connectivity index is 1.93. The molecule has 0 saturated carbocycles. The van der Waals surface area contributed by atoms with Gasteiger partial charge in [0.15, 0.2) is 0 Å². The lowest BCUT2D eigenvalue weighted by molar-refractivity contribution is 1.20. The third-order valence-corrected chi connectivity index (χ3v) is 4.54. The quantitative estimate of drug-likeness (QED) is 0.594. The molecule has 1 aromatic heterocycles. The fourth-order valence-corrected chi connectivity index (χ4v) is 3.34. The summed E-state index contributed by atoms with van der Waals surface area (Å²) in [7, 11) is 0. The molecule has 0 unspecified atom stereocenters. The number of aryl methyl sites for hydroxylation is 2. The summed E-state index contributed by atoms with van der Waals surface area (Å²) in [6.45, 7) is 4.35. The molecule has 3 rings (SSSR count). The van der Waals surface area contributed by atoms with Gasteiger partial charge in [-0.3, -0.25) is 0 Å². The van der Waals surface area contributed by atoms with Crippen LogP contribution in [0.15, 0.2) is 48.5 Å². The van der Waals surface area contributed by atoms with Crippen molar-refractivity contribution in [1.29, 1.82) is 0 Å².